The molecule has 88 valence electrons. The summed E-state index contributed by atoms with van der Waals surface area (Å²) in [7, 11) is 0. The molecule has 1 rings (SSSR count). The quantitative estimate of drug-likeness (QED) is 0.630. The van der Waals surface area contributed by atoms with Gasteiger partial charge in [-0.05, 0) is 25.3 Å². The van der Waals surface area contributed by atoms with Gasteiger partial charge < -0.3 is 9.69 Å². The van der Waals surface area contributed by atoms with Gasteiger partial charge in [-0.15, -0.1) is 0 Å². The lowest BCUT2D eigenvalue weighted by molar-refractivity contribution is -0.117. The fourth-order valence-corrected chi connectivity index (χ4v) is 2.66. The molecule has 1 saturated carbocycles. The minimum Gasteiger partial charge on any atom is -0.303 e. The molecule has 0 atom stereocenters. The molecular formula is C13H25NO. The zero-order valence-electron chi connectivity index (χ0n) is 10.5. The predicted molar refractivity (Wildman–Crippen MR) is 63.9 cm³/mol. The second-order valence-corrected chi connectivity index (χ2v) is 5.41. The van der Waals surface area contributed by atoms with Gasteiger partial charge in [0.05, 0.1) is 0 Å². The van der Waals surface area contributed by atoms with Crippen LogP contribution in [-0.4, -0.2) is 30.8 Å². The van der Waals surface area contributed by atoms with Crippen LogP contribution in [0.15, 0.2) is 0 Å². The number of carbonyl (C=O) groups excluding carboxylic acids is 1. The van der Waals surface area contributed by atoms with Gasteiger partial charge in [-0.25, -0.2) is 0 Å². The van der Waals surface area contributed by atoms with Gasteiger partial charge >= 0.3 is 0 Å². The fraction of sp³-hybridized carbons (Fsp3) is 0.923. The molecule has 1 aliphatic carbocycles. The van der Waals surface area contributed by atoms with Crippen molar-refractivity contribution in [3.63, 3.8) is 0 Å². The average Bonchev–Trinajstić information content (AvgIpc) is 2.65. The van der Waals surface area contributed by atoms with Crippen LogP contribution in [0.2, 0.25) is 0 Å². The molecule has 0 unspecified atom stereocenters. The fourth-order valence-electron chi connectivity index (χ4n) is 2.66. The van der Waals surface area contributed by atoms with Crippen LogP contribution in [0.3, 0.4) is 0 Å². The highest BCUT2D eigenvalue weighted by Gasteiger charge is 2.34. The molecule has 0 bridgehead atoms. The molecule has 1 aliphatic rings. The van der Waals surface area contributed by atoms with Crippen molar-refractivity contribution < 1.29 is 4.79 Å². The molecule has 0 N–H and O–H groups in total. The lowest BCUT2D eigenvalue weighted by atomic mass is 9.87. The Morgan fingerprint density at radius 1 is 1.33 bits per heavy atom. The highest BCUT2D eigenvalue weighted by Crippen LogP contribution is 2.36. The molecular weight excluding hydrogens is 186 g/mol. The molecule has 0 saturated heterocycles. The maximum absolute atomic E-state index is 11.2. The maximum atomic E-state index is 11.2. The van der Waals surface area contributed by atoms with E-state index in [9.17, 15) is 4.79 Å². The van der Waals surface area contributed by atoms with E-state index in [0.717, 1.165) is 32.5 Å². The number of carbonyl (C=O) groups is 1. The number of hydrogen-bond donors (Lipinski definition) is 0. The molecule has 0 aromatic heterocycles. The van der Waals surface area contributed by atoms with Gasteiger partial charge in [-0.1, -0.05) is 33.6 Å². The monoisotopic (exact) mass is 211 g/mol. The number of rotatable bonds is 6. The van der Waals surface area contributed by atoms with Gasteiger partial charge in [-0.3, -0.25) is 0 Å². The van der Waals surface area contributed by atoms with E-state index in [-0.39, 0.29) is 5.41 Å². The standard InChI is InChI=1S/C13H25NO/c1-4-14(9-12(2)3)10-13(11-15)7-5-6-8-13/h11-12H,4-10H2,1-3H3. The Balaban J connectivity index is 2.51. The molecule has 0 radical (unpaired) electrons. The molecule has 0 aliphatic heterocycles. The average molecular weight is 211 g/mol. The third-order valence-electron chi connectivity index (χ3n) is 3.46. The minimum atomic E-state index is -0.00903. The zero-order chi connectivity index (χ0) is 11.3. The van der Waals surface area contributed by atoms with E-state index in [1.807, 2.05) is 0 Å². The third kappa shape index (κ3) is 3.60. The van der Waals surface area contributed by atoms with Crippen LogP contribution in [0.5, 0.6) is 0 Å². The topological polar surface area (TPSA) is 20.3 Å². The van der Waals surface area contributed by atoms with Crippen LogP contribution in [0, 0.1) is 11.3 Å². The Hall–Kier alpha value is -0.370. The van der Waals surface area contributed by atoms with Crippen LogP contribution in [-0.2, 0) is 4.79 Å². The predicted octanol–water partition coefficient (Wildman–Crippen LogP) is 2.72. The summed E-state index contributed by atoms with van der Waals surface area (Å²) in [5.41, 5.74) is -0.00903. The van der Waals surface area contributed by atoms with Crippen LogP contribution >= 0.6 is 0 Å². The number of aldehydes is 1. The van der Waals surface area contributed by atoms with E-state index in [0.29, 0.717) is 5.92 Å². The first-order chi connectivity index (χ1) is 7.12. The normalized spacial score (nSPS) is 20.1. The summed E-state index contributed by atoms with van der Waals surface area (Å²) < 4.78 is 0. The van der Waals surface area contributed by atoms with E-state index >= 15 is 0 Å². The lowest BCUT2D eigenvalue weighted by Gasteiger charge is -2.31. The Kier molecular flexibility index (Phi) is 4.78. The molecule has 2 nitrogen and oxygen atoms in total. The first-order valence-corrected chi connectivity index (χ1v) is 6.30. The van der Waals surface area contributed by atoms with Crippen molar-refractivity contribution >= 4 is 6.29 Å². The van der Waals surface area contributed by atoms with Gasteiger partial charge in [0.2, 0.25) is 0 Å². The largest absolute Gasteiger partial charge is 0.303 e. The van der Waals surface area contributed by atoms with Crippen molar-refractivity contribution in [1.82, 2.24) is 4.90 Å². The van der Waals surface area contributed by atoms with Crippen LogP contribution < -0.4 is 0 Å². The maximum Gasteiger partial charge on any atom is 0.127 e. The van der Waals surface area contributed by atoms with E-state index in [4.69, 9.17) is 0 Å². The van der Waals surface area contributed by atoms with Crippen LogP contribution in [0.1, 0.15) is 46.5 Å². The van der Waals surface area contributed by atoms with Gasteiger partial charge in [0.25, 0.3) is 0 Å². The van der Waals surface area contributed by atoms with Crippen molar-refractivity contribution in [2.75, 3.05) is 19.6 Å². The van der Waals surface area contributed by atoms with Crippen LogP contribution in [0.4, 0.5) is 0 Å². The van der Waals surface area contributed by atoms with Crippen molar-refractivity contribution in [2.45, 2.75) is 46.5 Å². The molecule has 0 spiro atoms. The van der Waals surface area contributed by atoms with Crippen molar-refractivity contribution in [3.05, 3.63) is 0 Å². The van der Waals surface area contributed by atoms with Gasteiger partial charge in [-0.2, -0.15) is 0 Å². The SMILES string of the molecule is CCN(CC(C)C)CC1(C=O)CCCC1. The second kappa shape index (κ2) is 5.64. The highest BCUT2D eigenvalue weighted by atomic mass is 16.1. The summed E-state index contributed by atoms with van der Waals surface area (Å²) in [5.74, 6) is 0.690. The highest BCUT2D eigenvalue weighted by molar-refractivity contribution is 5.60. The van der Waals surface area contributed by atoms with E-state index in [1.165, 1.54) is 19.1 Å². The molecule has 0 aromatic rings. The van der Waals surface area contributed by atoms with E-state index < -0.39 is 0 Å². The van der Waals surface area contributed by atoms with Crippen molar-refractivity contribution in [1.29, 1.82) is 0 Å². The summed E-state index contributed by atoms with van der Waals surface area (Å²) in [5, 5.41) is 0. The lowest BCUT2D eigenvalue weighted by Crippen LogP contribution is -2.39. The van der Waals surface area contributed by atoms with Gasteiger partial charge in [0, 0.05) is 18.5 Å². The Bertz CT molecular complexity index is 195. The summed E-state index contributed by atoms with van der Waals surface area (Å²) in [6.45, 7) is 9.83. The molecule has 2 heteroatoms. The Labute approximate surface area is 94.0 Å². The zero-order valence-corrected chi connectivity index (χ0v) is 10.5. The van der Waals surface area contributed by atoms with Gasteiger partial charge in [0.15, 0.2) is 0 Å². The second-order valence-electron chi connectivity index (χ2n) is 5.41. The van der Waals surface area contributed by atoms with Gasteiger partial charge in [0.1, 0.15) is 6.29 Å². The smallest absolute Gasteiger partial charge is 0.127 e. The Morgan fingerprint density at radius 3 is 2.33 bits per heavy atom. The number of hydrogen-bond acceptors (Lipinski definition) is 2. The molecule has 0 amide bonds. The summed E-state index contributed by atoms with van der Waals surface area (Å²) in [4.78, 5) is 13.7. The summed E-state index contributed by atoms with van der Waals surface area (Å²) >= 11 is 0. The van der Waals surface area contributed by atoms with Crippen LogP contribution in [0.25, 0.3) is 0 Å². The van der Waals surface area contributed by atoms with Crippen molar-refractivity contribution in [2.24, 2.45) is 11.3 Å². The Morgan fingerprint density at radius 2 is 1.93 bits per heavy atom. The van der Waals surface area contributed by atoms with Crippen molar-refractivity contribution in [3.8, 4) is 0 Å². The molecule has 1 fully saturated rings. The molecule has 0 aromatic carbocycles. The van der Waals surface area contributed by atoms with E-state index in [1.54, 1.807) is 0 Å². The first-order valence-electron chi connectivity index (χ1n) is 6.30. The number of nitrogens with zero attached hydrogens (tertiary/aromatic N) is 1. The minimum absolute atomic E-state index is 0.00903. The molecule has 15 heavy (non-hydrogen) atoms. The molecule has 0 heterocycles. The summed E-state index contributed by atoms with van der Waals surface area (Å²) in [6, 6.07) is 0. The third-order valence-corrected chi connectivity index (χ3v) is 3.46. The summed E-state index contributed by atoms with van der Waals surface area (Å²) in [6.07, 6.45) is 5.90. The van der Waals surface area contributed by atoms with E-state index in [2.05, 4.69) is 25.7 Å². The first kappa shape index (κ1) is 12.7.